The van der Waals surface area contributed by atoms with Crippen molar-refractivity contribution in [1.82, 2.24) is 4.98 Å². The number of nitrogens with zero attached hydrogens (tertiary/aromatic N) is 1. The molecule has 1 N–H and O–H groups in total. The second-order valence-electron chi connectivity index (χ2n) is 6.82. The Balaban J connectivity index is 1.51. The van der Waals surface area contributed by atoms with Crippen LogP contribution in [0.3, 0.4) is 0 Å². The molecule has 1 atom stereocenters. The molecule has 1 amide bonds. The smallest absolute Gasteiger partial charge is 0.262 e. The molecule has 3 aromatic rings. The van der Waals surface area contributed by atoms with Crippen molar-refractivity contribution >= 4 is 45.6 Å². The van der Waals surface area contributed by atoms with Gasteiger partial charge in [0.2, 0.25) is 0 Å². The van der Waals surface area contributed by atoms with Gasteiger partial charge in [0.05, 0.1) is 15.7 Å². The monoisotopic (exact) mass is 466 g/mol. The van der Waals surface area contributed by atoms with E-state index in [0.29, 0.717) is 11.0 Å². The first-order valence-electron chi connectivity index (χ1n) is 9.24. The number of carbonyl (C=O) groups is 1. The largest absolute Gasteiger partial charge is 0.456 e. The SMILES string of the molecule is O=C(Nc1nc(CC2CCOC2)cs1)c1c(Cl)cccc1Oc1ccc(F)c(Cl)c1. The summed E-state index contributed by atoms with van der Waals surface area (Å²) in [6, 6.07) is 8.79. The average molecular weight is 467 g/mol. The minimum atomic E-state index is -0.559. The van der Waals surface area contributed by atoms with E-state index in [0.717, 1.165) is 31.7 Å². The van der Waals surface area contributed by atoms with Gasteiger partial charge < -0.3 is 9.47 Å². The molecule has 4 rings (SSSR count). The summed E-state index contributed by atoms with van der Waals surface area (Å²) < 4.78 is 24.5. The Morgan fingerprint density at radius 3 is 2.93 bits per heavy atom. The van der Waals surface area contributed by atoms with Crippen molar-refractivity contribution in [3.63, 3.8) is 0 Å². The number of amides is 1. The number of rotatable bonds is 6. The molecule has 0 radical (unpaired) electrons. The molecule has 9 heteroatoms. The maximum Gasteiger partial charge on any atom is 0.262 e. The van der Waals surface area contributed by atoms with E-state index in [-0.39, 0.29) is 27.1 Å². The highest BCUT2D eigenvalue weighted by Crippen LogP contribution is 2.33. The van der Waals surface area contributed by atoms with Gasteiger partial charge in [-0.3, -0.25) is 10.1 Å². The van der Waals surface area contributed by atoms with Crippen LogP contribution in [0.25, 0.3) is 0 Å². The summed E-state index contributed by atoms with van der Waals surface area (Å²) in [5.41, 5.74) is 1.07. The van der Waals surface area contributed by atoms with Gasteiger partial charge in [-0.25, -0.2) is 9.37 Å². The molecule has 0 saturated carbocycles. The molecule has 1 fully saturated rings. The van der Waals surface area contributed by atoms with E-state index in [1.165, 1.54) is 29.5 Å². The van der Waals surface area contributed by atoms with E-state index >= 15 is 0 Å². The van der Waals surface area contributed by atoms with Crippen LogP contribution in [0.1, 0.15) is 22.5 Å². The fourth-order valence-corrected chi connectivity index (χ4v) is 4.28. The lowest BCUT2D eigenvalue weighted by atomic mass is 10.0. The average Bonchev–Trinajstić information content (AvgIpc) is 3.37. The van der Waals surface area contributed by atoms with E-state index in [4.69, 9.17) is 32.7 Å². The van der Waals surface area contributed by atoms with Gasteiger partial charge in [-0.1, -0.05) is 29.3 Å². The Kier molecular flexibility index (Phi) is 6.53. The molecule has 2 aromatic carbocycles. The third kappa shape index (κ3) is 4.92. The fourth-order valence-electron chi connectivity index (χ4n) is 3.13. The first kappa shape index (κ1) is 21.1. The van der Waals surface area contributed by atoms with Crippen molar-refractivity contribution in [1.29, 1.82) is 0 Å². The van der Waals surface area contributed by atoms with Crippen LogP contribution in [0.5, 0.6) is 11.5 Å². The Morgan fingerprint density at radius 1 is 1.30 bits per heavy atom. The zero-order valence-corrected chi connectivity index (χ0v) is 18.0. The molecule has 0 bridgehead atoms. The quantitative estimate of drug-likeness (QED) is 0.468. The molecule has 30 heavy (non-hydrogen) atoms. The van der Waals surface area contributed by atoms with Gasteiger partial charge in [-0.05, 0) is 43.0 Å². The summed E-state index contributed by atoms with van der Waals surface area (Å²) in [5, 5.41) is 5.32. The summed E-state index contributed by atoms with van der Waals surface area (Å²) in [6.45, 7) is 1.53. The lowest BCUT2D eigenvalue weighted by Gasteiger charge is -2.12. The van der Waals surface area contributed by atoms with E-state index in [1.54, 1.807) is 18.2 Å². The third-order valence-electron chi connectivity index (χ3n) is 4.62. The van der Waals surface area contributed by atoms with Crippen LogP contribution in [0.4, 0.5) is 9.52 Å². The van der Waals surface area contributed by atoms with Gasteiger partial charge in [-0.2, -0.15) is 0 Å². The number of halogens is 3. The zero-order valence-electron chi connectivity index (χ0n) is 15.7. The van der Waals surface area contributed by atoms with Crippen LogP contribution >= 0.6 is 34.5 Å². The topological polar surface area (TPSA) is 60.5 Å². The normalized spacial score (nSPS) is 15.9. The predicted octanol–water partition coefficient (Wildman–Crippen LogP) is 6.21. The number of thiazole rings is 1. The van der Waals surface area contributed by atoms with Crippen LogP contribution < -0.4 is 10.1 Å². The second kappa shape index (κ2) is 9.31. The van der Waals surface area contributed by atoms with Crippen LogP contribution in [-0.2, 0) is 11.2 Å². The van der Waals surface area contributed by atoms with E-state index in [1.807, 2.05) is 5.38 Å². The standard InChI is InChI=1S/C21H17Cl2FN2O3S/c22-15-2-1-3-18(29-14-4-5-17(24)16(23)9-14)19(15)20(27)26-21-25-13(11-30-21)8-12-6-7-28-10-12/h1-5,9,11-12H,6-8,10H2,(H,25,26,27). The molecule has 1 aliphatic heterocycles. The summed E-state index contributed by atoms with van der Waals surface area (Å²) in [7, 11) is 0. The zero-order chi connectivity index (χ0) is 21.1. The highest BCUT2D eigenvalue weighted by molar-refractivity contribution is 7.14. The van der Waals surface area contributed by atoms with Crippen molar-refractivity contribution in [2.75, 3.05) is 18.5 Å². The van der Waals surface area contributed by atoms with E-state index < -0.39 is 11.7 Å². The molecule has 1 unspecified atom stereocenters. The molecular weight excluding hydrogens is 450 g/mol. The fraction of sp³-hybridized carbons (Fsp3) is 0.238. The van der Waals surface area contributed by atoms with Crippen molar-refractivity contribution in [2.45, 2.75) is 12.8 Å². The Bertz CT molecular complexity index is 1070. The maximum absolute atomic E-state index is 13.4. The summed E-state index contributed by atoms with van der Waals surface area (Å²) >= 11 is 13.4. The van der Waals surface area contributed by atoms with E-state index in [2.05, 4.69) is 10.3 Å². The highest BCUT2D eigenvalue weighted by Gasteiger charge is 2.21. The third-order valence-corrected chi connectivity index (χ3v) is 6.03. The van der Waals surface area contributed by atoms with Crippen molar-refractivity contribution in [3.8, 4) is 11.5 Å². The molecule has 0 aliphatic carbocycles. The predicted molar refractivity (Wildman–Crippen MR) is 116 cm³/mol. The van der Waals surface area contributed by atoms with Crippen molar-refractivity contribution < 1.29 is 18.7 Å². The Labute approximate surface area is 186 Å². The molecular formula is C21H17Cl2FN2O3S. The van der Waals surface area contributed by atoms with Crippen molar-refractivity contribution in [3.05, 3.63) is 68.9 Å². The molecule has 156 valence electrons. The first-order chi connectivity index (χ1) is 14.5. The molecule has 0 spiro atoms. The minimum Gasteiger partial charge on any atom is -0.456 e. The highest BCUT2D eigenvalue weighted by atomic mass is 35.5. The number of aromatic nitrogens is 1. The number of anilines is 1. The van der Waals surface area contributed by atoms with E-state index in [9.17, 15) is 9.18 Å². The van der Waals surface area contributed by atoms with Gasteiger partial charge in [-0.15, -0.1) is 11.3 Å². The first-order valence-corrected chi connectivity index (χ1v) is 10.9. The van der Waals surface area contributed by atoms with Gasteiger partial charge in [0.25, 0.3) is 5.91 Å². The number of carbonyl (C=O) groups excluding carboxylic acids is 1. The van der Waals surface area contributed by atoms with Gasteiger partial charge in [0, 0.05) is 24.7 Å². The number of hydrogen-bond acceptors (Lipinski definition) is 5. The second-order valence-corrected chi connectivity index (χ2v) is 8.50. The molecule has 1 aliphatic rings. The lowest BCUT2D eigenvalue weighted by Crippen LogP contribution is -2.14. The number of hydrogen-bond donors (Lipinski definition) is 1. The maximum atomic E-state index is 13.4. The Morgan fingerprint density at radius 2 is 2.17 bits per heavy atom. The number of benzene rings is 2. The molecule has 5 nitrogen and oxygen atoms in total. The molecule has 1 saturated heterocycles. The van der Waals surface area contributed by atoms with Gasteiger partial charge in [0.1, 0.15) is 22.9 Å². The van der Waals surface area contributed by atoms with Crippen LogP contribution in [0.2, 0.25) is 10.0 Å². The van der Waals surface area contributed by atoms with Gasteiger partial charge in [0.15, 0.2) is 5.13 Å². The van der Waals surface area contributed by atoms with Crippen LogP contribution in [0, 0.1) is 11.7 Å². The number of nitrogens with one attached hydrogen (secondary N) is 1. The summed E-state index contributed by atoms with van der Waals surface area (Å²) in [4.78, 5) is 17.4. The summed E-state index contributed by atoms with van der Waals surface area (Å²) in [6.07, 6.45) is 1.84. The lowest BCUT2D eigenvalue weighted by molar-refractivity contribution is 0.102. The van der Waals surface area contributed by atoms with Crippen LogP contribution in [0.15, 0.2) is 41.8 Å². The Hall–Kier alpha value is -2.19. The van der Waals surface area contributed by atoms with Gasteiger partial charge >= 0.3 is 0 Å². The van der Waals surface area contributed by atoms with Crippen LogP contribution in [-0.4, -0.2) is 24.1 Å². The minimum absolute atomic E-state index is 0.0801. The molecule has 2 heterocycles. The number of ether oxygens (including phenoxy) is 2. The van der Waals surface area contributed by atoms with Crippen molar-refractivity contribution in [2.24, 2.45) is 5.92 Å². The molecule has 1 aromatic heterocycles. The summed E-state index contributed by atoms with van der Waals surface area (Å²) in [5.74, 6) is -0.0388.